The smallest absolute Gasteiger partial charge is 0.0991 e. The van der Waals surface area contributed by atoms with Crippen molar-refractivity contribution in [2.24, 2.45) is 0 Å². The Morgan fingerprint density at radius 3 is 2.85 bits per heavy atom. The first kappa shape index (κ1) is 9.56. The average Bonchev–Trinajstić information content (AvgIpc) is 2.17. The number of rotatable bonds is 3. The summed E-state index contributed by atoms with van der Waals surface area (Å²) < 4.78 is 0. The van der Waals surface area contributed by atoms with Gasteiger partial charge in [-0.15, -0.1) is 0 Å². The van der Waals surface area contributed by atoms with Crippen LogP contribution in [0.15, 0.2) is 18.2 Å². The number of nitrogens with zero attached hydrogens (tertiary/aromatic N) is 1. The van der Waals surface area contributed by atoms with Gasteiger partial charge in [-0.05, 0) is 36.6 Å². The van der Waals surface area contributed by atoms with E-state index < -0.39 is 0 Å². The minimum atomic E-state index is 0.149. The van der Waals surface area contributed by atoms with Crippen molar-refractivity contribution in [3.8, 4) is 6.07 Å². The fraction of sp³-hybridized carbons (Fsp3) is 0.300. The third kappa shape index (κ3) is 2.46. The van der Waals surface area contributed by atoms with Crippen LogP contribution in [0.5, 0.6) is 0 Å². The van der Waals surface area contributed by atoms with Crippen molar-refractivity contribution in [2.75, 3.05) is 12.3 Å². The molecule has 1 aromatic carbocycles. The number of nitrogen functional groups attached to an aromatic ring is 1. The van der Waals surface area contributed by atoms with Gasteiger partial charge in [0.05, 0.1) is 11.6 Å². The molecule has 0 heterocycles. The number of aliphatic hydroxyl groups excluding tert-OH is 1. The first-order valence-electron chi connectivity index (χ1n) is 4.17. The predicted molar refractivity (Wildman–Crippen MR) is 51.0 cm³/mol. The molecule has 68 valence electrons. The zero-order chi connectivity index (χ0) is 9.68. The van der Waals surface area contributed by atoms with Crippen molar-refractivity contribution >= 4 is 5.69 Å². The molecule has 1 rings (SSSR count). The minimum absolute atomic E-state index is 0.149. The molecule has 0 spiro atoms. The maximum Gasteiger partial charge on any atom is 0.0991 e. The SMILES string of the molecule is N#Cc1ccc(N)c(CCCO)c1. The van der Waals surface area contributed by atoms with E-state index in [-0.39, 0.29) is 6.61 Å². The van der Waals surface area contributed by atoms with Crippen molar-refractivity contribution in [3.63, 3.8) is 0 Å². The van der Waals surface area contributed by atoms with Crippen LogP contribution < -0.4 is 5.73 Å². The van der Waals surface area contributed by atoms with E-state index in [4.69, 9.17) is 16.1 Å². The van der Waals surface area contributed by atoms with Crippen LogP contribution >= 0.6 is 0 Å². The first-order chi connectivity index (χ1) is 6.27. The molecule has 3 N–H and O–H groups in total. The molecule has 0 radical (unpaired) electrons. The second-order valence-electron chi connectivity index (χ2n) is 2.85. The lowest BCUT2D eigenvalue weighted by Crippen LogP contribution is -1.96. The van der Waals surface area contributed by atoms with Gasteiger partial charge < -0.3 is 10.8 Å². The lowest BCUT2D eigenvalue weighted by molar-refractivity contribution is 0.288. The second-order valence-corrected chi connectivity index (χ2v) is 2.85. The van der Waals surface area contributed by atoms with Crippen LogP contribution in [0, 0.1) is 11.3 Å². The van der Waals surface area contributed by atoms with Gasteiger partial charge in [0.15, 0.2) is 0 Å². The van der Waals surface area contributed by atoms with Crippen LogP contribution in [0.4, 0.5) is 5.69 Å². The molecule has 0 aliphatic heterocycles. The summed E-state index contributed by atoms with van der Waals surface area (Å²) in [7, 11) is 0. The molecule has 3 nitrogen and oxygen atoms in total. The molecular weight excluding hydrogens is 164 g/mol. The highest BCUT2D eigenvalue weighted by Gasteiger charge is 2.00. The Hall–Kier alpha value is -1.53. The minimum Gasteiger partial charge on any atom is -0.399 e. The number of benzene rings is 1. The zero-order valence-corrected chi connectivity index (χ0v) is 7.33. The van der Waals surface area contributed by atoms with E-state index in [1.165, 1.54) is 0 Å². The maximum absolute atomic E-state index is 8.64. The number of anilines is 1. The van der Waals surface area contributed by atoms with Gasteiger partial charge in [-0.2, -0.15) is 5.26 Å². The average molecular weight is 176 g/mol. The first-order valence-corrected chi connectivity index (χ1v) is 4.17. The fourth-order valence-corrected chi connectivity index (χ4v) is 1.16. The number of hydrogen-bond donors (Lipinski definition) is 2. The molecular formula is C10H12N2O. The van der Waals surface area contributed by atoms with Gasteiger partial charge >= 0.3 is 0 Å². The monoisotopic (exact) mass is 176 g/mol. The van der Waals surface area contributed by atoms with Crippen molar-refractivity contribution in [1.82, 2.24) is 0 Å². The lowest BCUT2D eigenvalue weighted by atomic mass is 10.1. The molecule has 0 unspecified atom stereocenters. The summed E-state index contributed by atoms with van der Waals surface area (Å²) in [6.45, 7) is 0.149. The quantitative estimate of drug-likeness (QED) is 0.676. The van der Waals surface area contributed by atoms with Gasteiger partial charge in [-0.1, -0.05) is 0 Å². The molecule has 0 amide bonds. The summed E-state index contributed by atoms with van der Waals surface area (Å²) in [5.41, 5.74) is 7.93. The number of aryl methyl sites for hydroxylation is 1. The molecule has 1 aromatic rings. The highest BCUT2D eigenvalue weighted by molar-refractivity contribution is 5.51. The highest BCUT2D eigenvalue weighted by atomic mass is 16.2. The standard InChI is InChI=1S/C10H12N2O/c11-7-8-3-4-10(12)9(6-8)2-1-5-13/h3-4,6,13H,1-2,5,12H2. The largest absolute Gasteiger partial charge is 0.399 e. The van der Waals surface area contributed by atoms with Gasteiger partial charge in [-0.25, -0.2) is 0 Å². The van der Waals surface area contributed by atoms with Crippen molar-refractivity contribution in [3.05, 3.63) is 29.3 Å². The molecule has 0 saturated heterocycles. The Balaban J connectivity index is 2.85. The third-order valence-corrected chi connectivity index (χ3v) is 1.88. The molecule has 0 aliphatic rings. The van der Waals surface area contributed by atoms with Crippen molar-refractivity contribution in [2.45, 2.75) is 12.8 Å². The lowest BCUT2D eigenvalue weighted by Gasteiger charge is -2.04. The van der Waals surface area contributed by atoms with Crippen molar-refractivity contribution in [1.29, 1.82) is 5.26 Å². The summed E-state index contributed by atoms with van der Waals surface area (Å²) in [5, 5.41) is 17.3. The van der Waals surface area contributed by atoms with E-state index in [0.717, 1.165) is 12.0 Å². The molecule has 0 aliphatic carbocycles. The molecule has 0 aromatic heterocycles. The Morgan fingerprint density at radius 1 is 1.46 bits per heavy atom. The summed E-state index contributed by atoms with van der Waals surface area (Å²) in [6, 6.07) is 7.24. The number of nitriles is 1. The van der Waals surface area contributed by atoms with Gasteiger partial charge in [0.2, 0.25) is 0 Å². The topological polar surface area (TPSA) is 70.0 Å². The fourth-order valence-electron chi connectivity index (χ4n) is 1.16. The van der Waals surface area contributed by atoms with E-state index in [0.29, 0.717) is 17.7 Å². The molecule has 13 heavy (non-hydrogen) atoms. The van der Waals surface area contributed by atoms with E-state index >= 15 is 0 Å². The van der Waals surface area contributed by atoms with E-state index in [1.807, 2.05) is 0 Å². The van der Waals surface area contributed by atoms with Crippen molar-refractivity contribution < 1.29 is 5.11 Å². The van der Waals surface area contributed by atoms with Crippen LogP contribution in [0.3, 0.4) is 0 Å². The predicted octanol–water partition coefficient (Wildman–Crippen LogP) is 1.07. The molecule has 0 atom stereocenters. The van der Waals surface area contributed by atoms with Crippen LogP contribution in [0.25, 0.3) is 0 Å². The highest BCUT2D eigenvalue weighted by Crippen LogP contribution is 2.15. The molecule has 0 bridgehead atoms. The van der Waals surface area contributed by atoms with Gasteiger partial charge in [0.1, 0.15) is 0 Å². The van der Waals surface area contributed by atoms with Crippen LogP contribution in [0.1, 0.15) is 17.5 Å². The zero-order valence-electron chi connectivity index (χ0n) is 7.33. The Morgan fingerprint density at radius 2 is 2.23 bits per heavy atom. The number of nitrogens with two attached hydrogens (primary N) is 1. The molecule has 0 saturated carbocycles. The summed E-state index contributed by atoms with van der Waals surface area (Å²) in [5.74, 6) is 0. The van der Waals surface area contributed by atoms with Gasteiger partial charge in [0, 0.05) is 12.3 Å². The molecule has 0 fully saturated rings. The third-order valence-electron chi connectivity index (χ3n) is 1.88. The van der Waals surface area contributed by atoms with E-state index in [2.05, 4.69) is 6.07 Å². The Kier molecular flexibility index (Phi) is 3.30. The Bertz CT molecular complexity index is 328. The van der Waals surface area contributed by atoms with E-state index in [1.54, 1.807) is 18.2 Å². The summed E-state index contributed by atoms with van der Waals surface area (Å²) >= 11 is 0. The summed E-state index contributed by atoms with van der Waals surface area (Å²) in [4.78, 5) is 0. The van der Waals surface area contributed by atoms with Crippen LogP contribution in [-0.2, 0) is 6.42 Å². The Labute approximate surface area is 77.4 Å². The second kappa shape index (κ2) is 4.48. The van der Waals surface area contributed by atoms with E-state index in [9.17, 15) is 0 Å². The number of aliphatic hydroxyl groups is 1. The number of hydrogen-bond acceptors (Lipinski definition) is 3. The maximum atomic E-state index is 8.64. The van der Waals surface area contributed by atoms with Gasteiger partial charge in [-0.3, -0.25) is 0 Å². The normalized spacial score (nSPS) is 9.54. The van der Waals surface area contributed by atoms with Crippen LogP contribution in [0.2, 0.25) is 0 Å². The van der Waals surface area contributed by atoms with Gasteiger partial charge in [0.25, 0.3) is 0 Å². The van der Waals surface area contributed by atoms with Crippen LogP contribution in [-0.4, -0.2) is 11.7 Å². The molecule has 3 heteroatoms. The summed E-state index contributed by atoms with van der Waals surface area (Å²) in [6.07, 6.45) is 1.40.